The van der Waals surface area contributed by atoms with Crippen molar-refractivity contribution in [3.8, 4) is 0 Å². The van der Waals surface area contributed by atoms with Gasteiger partial charge in [0.2, 0.25) is 0 Å². The fourth-order valence-electron chi connectivity index (χ4n) is 2.37. The Morgan fingerprint density at radius 2 is 2.05 bits per heavy atom. The van der Waals surface area contributed by atoms with E-state index in [4.69, 9.17) is 11.6 Å². The Kier molecular flexibility index (Phi) is 4.84. The summed E-state index contributed by atoms with van der Waals surface area (Å²) >= 11 is 5.87. The zero-order valence-corrected chi connectivity index (χ0v) is 13.4. The number of amides is 1. The molecule has 1 unspecified atom stereocenters. The molecule has 0 saturated heterocycles. The first-order valence-electron chi connectivity index (χ1n) is 7.14. The summed E-state index contributed by atoms with van der Waals surface area (Å²) in [5.41, 5.74) is 1.45. The number of nitrogens with zero attached hydrogens (tertiary/aromatic N) is 1. The molecule has 2 rings (SSSR count). The number of hydrogen-bond acceptors (Lipinski definition) is 2. The summed E-state index contributed by atoms with van der Waals surface area (Å²) in [6.07, 6.45) is 2.48. The zero-order valence-electron chi connectivity index (χ0n) is 12.7. The lowest BCUT2D eigenvalue weighted by atomic mass is 9.85. The second-order valence-corrected chi connectivity index (χ2v) is 6.62. The van der Waals surface area contributed by atoms with E-state index >= 15 is 0 Å². The summed E-state index contributed by atoms with van der Waals surface area (Å²) < 4.78 is 0. The summed E-state index contributed by atoms with van der Waals surface area (Å²) in [6.45, 7) is 6.32. The number of nitrogens with one attached hydrogen (secondary N) is 1. The third-order valence-electron chi connectivity index (χ3n) is 3.64. The first kappa shape index (κ1) is 15.8. The molecule has 0 bridgehead atoms. The lowest BCUT2D eigenvalue weighted by Gasteiger charge is -2.31. The Bertz CT molecular complexity index is 629. The summed E-state index contributed by atoms with van der Waals surface area (Å²) in [5, 5.41) is 3.99. The molecule has 0 aliphatic heterocycles. The Labute approximate surface area is 130 Å². The lowest BCUT2D eigenvalue weighted by molar-refractivity contribution is 0.0902. The van der Waals surface area contributed by atoms with Gasteiger partial charge in [-0.2, -0.15) is 0 Å². The van der Waals surface area contributed by atoms with E-state index in [9.17, 15) is 4.79 Å². The number of pyridine rings is 1. The maximum Gasteiger partial charge on any atom is 0.252 e. The number of carbonyl (C=O) groups is 1. The third-order valence-corrected chi connectivity index (χ3v) is 3.86. The van der Waals surface area contributed by atoms with Crippen LogP contribution in [0.4, 0.5) is 0 Å². The van der Waals surface area contributed by atoms with Gasteiger partial charge in [0.05, 0.1) is 5.52 Å². The van der Waals surface area contributed by atoms with Crippen LogP contribution in [-0.4, -0.2) is 22.8 Å². The van der Waals surface area contributed by atoms with E-state index in [1.54, 1.807) is 6.20 Å². The molecule has 0 fully saturated rings. The first-order valence-corrected chi connectivity index (χ1v) is 7.67. The lowest BCUT2D eigenvalue weighted by Crippen LogP contribution is -2.44. The number of aromatic nitrogens is 1. The molecule has 1 amide bonds. The first-order chi connectivity index (χ1) is 9.93. The number of alkyl halides is 1. The van der Waals surface area contributed by atoms with E-state index in [1.165, 1.54) is 0 Å². The highest BCUT2D eigenvalue weighted by molar-refractivity contribution is 6.17. The maximum atomic E-state index is 12.6. The van der Waals surface area contributed by atoms with Crippen LogP contribution in [0.2, 0.25) is 0 Å². The molecule has 0 spiro atoms. The van der Waals surface area contributed by atoms with Crippen LogP contribution in [-0.2, 0) is 0 Å². The van der Waals surface area contributed by atoms with Gasteiger partial charge in [0.15, 0.2) is 0 Å². The molecule has 21 heavy (non-hydrogen) atoms. The smallest absolute Gasteiger partial charge is 0.252 e. The van der Waals surface area contributed by atoms with E-state index in [-0.39, 0.29) is 17.4 Å². The van der Waals surface area contributed by atoms with Crippen molar-refractivity contribution in [2.75, 3.05) is 5.88 Å². The SMILES string of the molecule is CC(C)(C)C(CCCl)NC(=O)c1cccc2ncccc12. The second kappa shape index (κ2) is 6.44. The van der Waals surface area contributed by atoms with Gasteiger partial charge in [-0.3, -0.25) is 9.78 Å². The molecular weight excluding hydrogens is 284 g/mol. The second-order valence-electron chi connectivity index (χ2n) is 6.25. The van der Waals surface area contributed by atoms with E-state index in [1.807, 2.05) is 30.3 Å². The number of hydrogen-bond donors (Lipinski definition) is 1. The fourth-order valence-corrected chi connectivity index (χ4v) is 2.59. The van der Waals surface area contributed by atoms with Gasteiger partial charge in [0.1, 0.15) is 0 Å². The van der Waals surface area contributed by atoms with Gasteiger partial charge in [-0.1, -0.05) is 32.9 Å². The molecule has 3 nitrogen and oxygen atoms in total. The van der Waals surface area contributed by atoms with Crippen LogP contribution in [0, 0.1) is 5.41 Å². The molecular formula is C17H21ClN2O. The average Bonchev–Trinajstić information content (AvgIpc) is 2.45. The van der Waals surface area contributed by atoms with Gasteiger partial charge in [0.25, 0.3) is 5.91 Å². The van der Waals surface area contributed by atoms with Crippen LogP contribution >= 0.6 is 11.6 Å². The number of carbonyl (C=O) groups excluding carboxylic acids is 1. The van der Waals surface area contributed by atoms with Gasteiger partial charge >= 0.3 is 0 Å². The largest absolute Gasteiger partial charge is 0.349 e. The van der Waals surface area contributed by atoms with Crippen molar-refractivity contribution in [3.63, 3.8) is 0 Å². The minimum atomic E-state index is -0.0707. The van der Waals surface area contributed by atoms with Crippen molar-refractivity contribution in [1.29, 1.82) is 0 Å². The van der Waals surface area contributed by atoms with Gasteiger partial charge in [0, 0.05) is 29.1 Å². The summed E-state index contributed by atoms with van der Waals surface area (Å²) in [5.74, 6) is 0.456. The average molecular weight is 305 g/mol. The number of fused-ring (bicyclic) bond motifs is 1. The van der Waals surface area contributed by atoms with E-state index in [0.717, 1.165) is 17.3 Å². The minimum absolute atomic E-state index is 0.0343. The van der Waals surface area contributed by atoms with Crippen molar-refractivity contribution in [2.24, 2.45) is 5.41 Å². The van der Waals surface area contributed by atoms with Crippen molar-refractivity contribution < 1.29 is 4.79 Å². The monoisotopic (exact) mass is 304 g/mol. The standard InChI is InChI=1S/C17H21ClN2O/c1-17(2,3)15(9-10-18)20-16(21)13-6-4-8-14-12(13)7-5-11-19-14/h4-8,11,15H,9-10H2,1-3H3,(H,20,21). The Hall–Kier alpha value is -1.61. The van der Waals surface area contributed by atoms with Gasteiger partial charge in [-0.15, -0.1) is 11.6 Å². The topological polar surface area (TPSA) is 42.0 Å². The van der Waals surface area contributed by atoms with Gasteiger partial charge < -0.3 is 5.32 Å². The molecule has 112 valence electrons. The molecule has 1 aromatic carbocycles. The van der Waals surface area contributed by atoms with Crippen LogP contribution in [0.3, 0.4) is 0 Å². The molecule has 2 aromatic rings. The molecule has 0 aliphatic rings. The third kappa shape index (κ3) is 3.73. The van der Waals surface area contributed by atoms with Crippen LogP contribution in [0.25, 0.3) is 10.9 Å². The van der Waals surface area contributed by atoms with E-state index < -0.39 is 0 Å². The van der Waals surface area contributed by atoms with E-state index in [2.05, 4.69) is 31.1 Å². The Balaban J connectivity index is 2.30. The summed E-state index contributed by atoms with van der Waals surface area (Å²) in [7, 11) is 0. The van der Waals surface area contributed by atoms with Crippen molar-refractivity contribution in [2.45, 2.75) is 33.2 Å². The van der Waals surface area contributed by atoms with Gasteiger partial charge in [-0.05, 0) is 30.0 Å². The Morgan fingerprint density at radius 1 is 1.29 bits per heavy atom. The predicted octanol–water partition coefficient (Wildman–Crippen LogP) is 4.01. The Morgan fingerprint density at radius 3 is 2.71 bits per heavy atom. The molecule has 4 heteroatoms. The number of benzene rings is 1. The fraction of sp³-hybridized carbons (Fsp3) is 0.412. The molecule has 1 N–H and O–H groups in total. The van der Waals surface area contributed by atoms with Crippen molar-refractivity contribution >= 4 is 28.4 Å². The molecule has 1 atom stereocenters. The quantitative estimate of drug-likeness (QED) is 0.867. The zero-order chi connectivity index (χ0) is 15.5. The highest BCUT2D eigenvalue weighted by Gasteiger charge is 2.26. The summed E-state index contributed by atoms with van der Waals surface area (Å²) in [4.78, 5) is 16.9. The predicted molar refractivity (Wildman–Crippen MR) is 87.8 cm³/mol. The molecule has 1 heterocycles. The highest BCUT2D eigenvalue weighted by Crippen LogP contribution is 2.23. The van der Waals surface area contributed by atoms with Crippen molar-refractivity contribution in [1.82, 2.24) is 10.3 Å². The van der Waals surface area contributed by atoms with Crippen LogP contribution in [0.1, 0.15) is 37.6 Å². The van der Waals surface area contributed by atoms with E-state index in [0.29, 0.717) is 11.4 Å². The normalized spacial score (nSPS) is 13.1. The maximum absolute atomic E-state index is 12.6. The van der Waals surface area contributed by atoms with Crippen LogP contribution < -0.4 is 5.32 Å². The minimum Gasteiger partial charge on any atom is -0.349 e. The number of halogens is 1. The highest BCUT2D eigenvalue weighted by atomic mass is 35.5. The molecule has 0 radical (unpaired) electrons. The number of rotatable bonds is 4. The molecule has 0 aliphatic carbocycles. The van der Waals surface area contributed by atoms with Gasteiger partial charge in [-0.25, -0.2) is 0 Å². The summed E-state index contributed by atoms with van der Waals surface area (Å²) in [6, 6.07) is 9.41. The van der Waals surface area contributed by atoms with Crippen molar-refractivity contribution in [3.05, 3.63) is 42.1 Å². The van der Waals surface area contributed by atoms with Crippen LogP contribution in [0.5, 0.6) is 0 Å². The van der Waals surface area contributed by atoms with Crippen LogP contribution in [0.15, 0.2) is 36.5 Å². The molecule has 0 saturated carbocycles. The molecule has 1 aromatic heterocycles.